The van der Waals surface area contributed by atoms with Crippen LogP contribution in [0.3, 0.4) is 0 Å². The van der Waals surface area contributed by atoms with E-state index < -0.39 is 10.0 Å². The summed E-state index contributed by atoms with van der Waals surface area (Å²) in [7, 11) is -3.60. The molecule has 0 radical (unpaired) electrons. The van der Waals surface area contributed by atoms with Crippen molar-refractivity contribution in [2.24, 2.45) is 11.5 Å². The molecule has 2 aromatic carbocycles. The number of anilines is 1. The van der Waals surface area contributed by atoms with Crippen LogP contribution in [0.2, 0.25) is 0 Å². The first-order chi connectivity index (χ1) is 14.6. The molecule has 3 aromatic rings. The number of hydrogen-bond donors (Lipinski definition) is 5. The van der Waals surface area contributed by atoms with Crippen LogP contribution in [0.15, 0.2) is 60.7 Å². The van der Waals surface area contributed by atoms with Gasteiger partial charge in [-0.3, -0.25) is 15.5 Å². The summed E-state index contributed by atoms with van der Waals surface area (Å²) < 4.78 is 37.3. The maximum atomic E-state index is 11.7. The highest BCUT2D eigenvalue weighted by atomic mass is 32.2. The van der Waals surface area contributed by atoms with E-state index >= 15 is 0 Å². The van der Waals surface area contributed by atoms with Gasteiger partial charge in [-0.15, -0.1) is 0 Å². The van der Waals surface area contributed by atoms with E-state index in [4.69, 9.17) is 31.8 Å². The van der Waals surface area contributed by atoms with Gasteiger partial charge in [-0.05, 0) is 30.3 Å². The smallest absolute Gasteiger partial charge is 0.247 e. The zero-order valence-corrected chi connectivity index (χ0v) is 17.2. The number of aromatic nitrogens is 1. The second-order valence-electron chi connectivity index (χ2n) is 6.46. The number of rotatable bonds is 8. The quantitative estimate of drug-likeness (QED) is 0.264. The lowest BCUT2D eigenvalue weighted by Gasteiger charge is -2.13. The topological polar surface area (TPSA) is 177 Å². The van der Waals surface area contributed by atoms with Crippen molar-refractivity contribution in [1.29, 1.82) is 10.8 Å². The first-order valence-electron chi connectivity index (χ1n) is 8.84. The first kappa shape index (κ1) is 21.6. The molecule has 0 atom stereocenters. The summed E-state index contributed by atoms with van der Waals surface area (Å²) in [5.41, 5.74) is 12.0. The molecular weight excluding hydrogens is 420 g/mol. The molecule has 0 bridgehead atoms. The maximum Gasteiger partial charge on any atom is 0.247 e. The minimum atomic E-state index is -3.60. The number of nitrogen functional groups attached to an aromatic ring is 2. The molecule has 1 aromatic heterocycles. The van der Waals surface area contributed by atoms with Gasteiger partial charge in [0.25, 0.3) is 0 Å². The zero-order chi connectivity index (χ0) is 22.6. The van der Waals surface area contributed by atoms with Crippen molar-refractivity contribution < 1.29 is 17.9 Å². The van der Waals surface area contributed by atoms with Crippen LogP contribution in [-0.4, -0.2) is 31.3 Å². The lowest BCUT2D eigenvalue weighted by molar-refractivity contribution is 0.428. The second-order valence-corrected chi connectivity index (χ2v) is 8.21. The van der Waals surface area contributed by atoms with Crippen LogP contribution in [0.5, 0.6) is 23.3 Å². The maximum absolute atomic E-state index is 11.7. The minimum Gasteiger partial charge on any atom is -0.439 e. The highest BCUT2D eigenvalue weighted by molar-refractivity contribution is 7.92. The third-order valence-electron chi connectivity index (χ3n) is 3.86. The fourth-order valence-corrected chi connectivity index (χ4v) is 3.08. The van der Waals surface area contributed by atoms with Crippen molar-refractivity contribution in [3.8, 4) is 23.3 Å². The van der Waals surface area contributed by atoms with Crippen LogP contribution in [0.4, 0.5) is 5.69 Å². The number of nitrogens with one attached hydrogen (secondary N) is 3. The van der Waals surface area contributed by atoms with Crippen molar-refractivity contribution in [3.05, 3.63) is 71.8 Å². The fourth-order valence-electron chi connectivity index (χ4n) is 2.52. The van der Waals surface area contributed by atoms with Gasteiger partial charge in [0.15, 0.2) is 0 Å². The average Bonchev–Trinajstić information content (AvgIpc) is 2.69. The summed E-state index contributed by atoms with van der Waals surface area (Å²) in [4.78, 5) is 4.26. The molecule has 0 aliphatic rings. The molecule has 0 amide bonds. The normalized spacial score (nSPS) is 10.9. The molecule has 0 aliphatic carbocycles. The Morgan fingerprint density at radius 1 is 0.903 bits per heavy atom. The number of nitrogens with zero attached hydrogens (tertiary/aromatic N) is 1. The predicted molar refractivity (Wildman–Crippen MR) is 118 cm³/mol. The molecule has 0 saturated carbocycles. The van der Waals surface area contributed by atoms with Gasteiger partial charge in [0, 0.05) is 17.2 Å². The van der Waals surface area contributed by atoms with E-state index in [1.54, 1.807) is 42.5 Å². The standard InChI is InChI=1S/C20H20N6O4S/c1-31(27,28)26-16-8-9-17(29-14-6-2-4-12(10-14)18(21)22)25-20(16)30-15-7-3-5-13(11-15)19(23)24/h2-11,26H,1H3,(H3,21,22)(H3,23,24). The molecule has 11 heteroatoms. The van der Waals surface area contributed by atoms with Gasteiger partial charge in [0.2, 0.25) is 21.8 Å². The van der Waals surface area contributed by atoms with Gasteiger partial charge < -0.3 is 20.9 Å². The number of amidine groups is 2. The van der Waals surface area contributed by atoms with Gasteiger partial charge in [0.05, 0.1) is 6.26 Å². The monoisotopic (exact) mass is 440 g/mol. The molecule has 10 nitrogen and oxygen atoms in total. The molecule has 7 N–H and O–H groups in total. The molecule has 31 heavy (non-hydrogen) atoms. The van der Waals surface area contributed by atoms with E-state index in [9.17, 15) is 8.42 Å². The average molecular weight is 440 g/mol. The van der Waals surface area contributed by atoms with Crippen molar-refractivity contribution in [2.75, 3.05) is 11.0 Å². The summed E-state index contributed by atoms with van der Waals surface area (Å²) >= 11 is 0. The van der Waals surface area contributed by atoms with Gasteiger partial charge in [-0.25, -0.2) is 8.42 Å². The summed E-state index contributed by atoms with van der Waals surface area (Å²) in [5, 5.41) is 15.1. The molecule has 0 spiro atoms. The number of sulfonamides is 1. The number of nitrogens with two attached hydrogens (primary N) is 2. The Kier molecular flexibility index (Phi) is 6.07. The molecule has 3 rings (SSSR count). The van der Waals surface area contributed by atoms with Gasteiger partial charge in [0.1, 0.15) is 28.9 Å². The SMILES string of the molecule is CS(=O)(=O)Nc1ccc(Oc2cccc(C(=N)N)c2)nc1Oc1cccc(C(=N)N)c1. The third kappa shape index (κ3) is 5.93. The molecule has 0 aliphatic heterocycles. The van der Waals surface area contributed by atoms with E-state index in [1.165, 1.54) is 18.2 Å². The van der Waals surface area contributed by atoms with E-state index in [0.717, 1.165) is 6.26 Å². The Hall–Kier alpha value is -4.12. The minimum absolute atomic E-state index is 0.0636. The molecule has 0 fully saturated rings. The molecule has 0 unspecified atom stereocenters. The number of benzene rings is 2. The highest BCUT2D eigenvalue weighted by Crippen LogP contribution is 2.32. The van der Waals surface area contributed by atoms with Crippen LogP contribution >= 0.6 is 0 Å². The van der Waals surface area contributed by atoms with Gasteiger partial charge in [-0.2, -0.15) is 4.98 Å². The van der Waals surface area contributed by atoms with Crippen molar-refractivity contribution in [1.82, 2.24) is 4.98 Å². The fraction of sp³-hybridized carbons (Fsp3) is 0.0500. The van der Waals surface area contributed by atoms with Crippen LogP contribution in [0.1, 0.15) is 11.1 Å². The van der Waals surface area contributed by atoms with Crippen molar-refractivity contribution in [3.63, 3.8) is 0 Å². The summed E-state index contributed by atoms with van der Waals surface area (Å²) in [6, 6.07) is 15.9. The molecule has 1 heterocycles. The first-order valence-corrected chi connectivity index (χ1v) is 10.7. The highest BCUT2D eigenvalue weighted by Gasteiger charge is 2.14. The van der Waals surface area contributed by atoms with E-state index in [1.807, 2.05) is 0 Å². The van der Waals surface area contributed by atoms with E-state index in [2.05, 4.69) is 9.71 Å². The van der Waals surface area contributed by atoms with Crippen LogP contribution in [0.25, 0.3) is 0 Å². The summed E-state index contributed by atoms with van der Waals surface area (Å²) in [5.74, 6) is 0.487. The van der Waals surface area contributed by atoms with Gasteiger partial charge in [-0.1, -0.05) is 24.3 Å². The Labute approximate surface area is 178 Å². The van der Waals surface area contributed by atoms with Crippen LogP contribution in [0, 0.1) is 10.8 Å². The molecular formula is C20H20N6O4S. The number of pyridine rings is 1. The summed E-state index contributed by atoms with van der Waals surface area (Å²) in [6.45, 7) is 0. The van der Waals surface area contributed by atoms with Crippen LogP contribution in [-0.2, 0) is 10.0 Å². The third-order valence-corrected chi connectivity index (χ3v) is 4.45. The number of hydrogen-bond acceptors (Lipinski definition) is 7. The van der Waals surface area contributed by atoms with Crippen molar-refractivity contribution in [2.45, 2.75) is 0 Å². The predicted octanol–water partition coefficient (Wildman–Crippen LogP) is 2.61. The summed E-state index contributed by atoms with van der Waals surface area (Å²) in [6.07, 6.45) is 1.00. The molecule has 0 saturated heterocycles. The lowest BCUT2D eigenvalue weighted by atomic mass is 10.2. The second kappa shape index (κ2) is 8.71. The van der Waals surface area contributed by atoms with Crippen LogP contribution < -0.4 is 25.7 Å². The lowest BCUT2D eigenvalue weighted by Crippen LogP contribution is -2.12. The Morgan fingerprint density at radius 2 is 1.45 bits per heavy atom. The Balaban J connectivity index is 1.96. The zero-order valence-electron chi connectivity index (χ0n) is 16.4. The molecule has 160 valence electrons. The van der Waals surface area contributed by atoms with Crippen molar-refractivity contribution >= 4 is 27.4 Å². The van der Waals surface area contributed by atoms with E-state index in [-0.39, 0.29) is 29.1 Å². The largest absolute Gasteiger partial charge is 0.439 e. The number of ether oxygens (including phenoxy) is 2. The van der Waals surface area contributed by atoms with E-state index in [0.29, 0.717) is 22.6 Å². The Bertz CT molecular complexity index is 1260. The van der Waals surface area contributed by atoms with Gasteiger partial charge >= 0.3 is 0 Å². The Morgan fingerprint density at radius 3 is 1.97 bits per heavy atom.